The van der Waals surface area contributed by atoms with Gasteiger partial charge in [0.1, 0.15) is 34.5 Å². The van der Waals surface area contributed by atoms with Crippen LogP contribution in [0, 0.1) is 0 Å². The number of benzene rings is 6. The van der Waals surface area contributed by atoms with Gasteiger partial charge < -0.3 is 50.8 Å². The molecule has 6 aromatic rings. The van der Waals surface area contributed by atoms with Crippen LogP contribution in [-0.2, 0) is 48.6 Å². The molecule has 3 aliphatic heterocycles. The van der Waals surface area contributed by atoms with Crippen LogP contribution in [0.3, 0.4) is 0 Å². The van der Waals surface area contributed by atoms with E-state index in [1.165, 1.54) is 16.6 Å². The number of rotatable bonds is 9. The van der Waals surface area contributed by atoms with E-state index in [9.17, 15) is 10.0 Å². The van der Waals surface area contributed by atoms with E-state index in [0.717, 1.165) is 74.7 Å². The smallest absolute Gasteiger partial charge is 0.457 e. The molecule has 0 aliphatic carbocycles. The highest BCUT2D eigenvalue weighted by atomic mass is 16.5. The molecule has 3 heterocycles. The monoisotopic (exact) mass is 761 g/mol. The molecule has 57 heavy (non-hydrogen) atoms. The van der Waals surface area contributed by atoms with Crippen molar-refractivity contribution >= 4 is 37.3 Å². The number of nitrogens with two attached hydrogens (primary N) is 3. The minimum atomic E-state index is -0.853. The summed E-state index contributed by atoms with van der Waals surface area (Å²) in [4.78, 5) is 0. The maximum Gasteiger partial charge on any atom is 0.491 e. The largest absolute Gasteiger partial charge is 0.491 e. The summed E-state index contributed by atoms with van der Waals surface area (Å²) in [5.74, 6) is 4.60. The van der Waals surface area contributed by atoms with Gasteiger partial charge in [0.15, 0.2) is 0 Å². The van der Waals surface area contributed by atoms with Gasteiger partial charge >= 0.3 is 20.9 Å². The molecule has 0 aromatic heterocycles. The van der Waals surface area contributed by atoms with E-state index in [-0.39, 0.29) is 13.8 Å². The average Bonchev–Trinajstić information content (AvgIpc) is 3.94. The van der Waals surface area contributed by atoms with Crippen molar-refractivity contribution in [3.8, 4) is 34.5 Å². The Bertz CT molecular complexity index is 2300. The first-order valence-corrected chi connectivity index (χ1v) is 19.2. The number of hydrogen-bond acceptors (Lipinski definition) is 10. The summed E-state index contributed by atoms with van der Waals surface area (Å²) >= 11 is 0. The van der Waals surface area contributed by atoms with Crippen LogP contribution < -0.4 is 47.8 Å². The van der Waals surface area contributed by atoms with Crippen LogP contribution in [0.1, 0.15) is 33.4 Å². The SMILES string of the molecule is CB1OCc2ccc(Oc3ccccc3CN)cc21.NCc1ccc(Oc2ccc3c(c2)B(O)CC3)cc1.NCc1cccc(Oc2ccc3c(c2)B(O)OC3)c1. The zero-order valence-electron chi connectivity index (χ0n) is 32.0. The van der Waals surface area contributed by atoms with Crippen LogP contribution >= 0.6 is 0 Å². The highest BCUT2D eigenvalue weighted by Crippen LogP contribution is 2.27. The summed E-state index contributed by atoms with van der Waals surface area (Å²) in [5.41, 5.74) is 26.4. The fraction of sp³-hybridized carbons (Fsp3) is 0.182. The second-order valence-electron chi connectivity index (χ2n) is 14.1. The topological polar surface area (TPSA) is 165 Å². The molecule has 0 atom stereocenters. The first-order chi connectivity index (χ1) is 27.8. The Morgan fingerprint density at radius 1 is 0.544 bits per heavy atom. The maximum atomic E-state index is 9.87. The summed E-state index contributed by atoms with van der Waals surface area (Å²) in [5, 5.41) is 19.5. The first kappa shape index (κ1) is 39.9. The summed E-state index contributed by atoms with van der Waals surface area (Å²) in [7, 11) is -0.853. The van der Waals surface area contributed by atoms with Gasteiger partial charge in [0, 0.05) is 25.2 Å². The number of fused-ring (bicyclic) bond motifs is 3. The Kier molecular flexibility index (Phi) is 13.1. The molecule has 0 saturated heterocycles. The van der Waals surface area contributed by atoms with Crippen molar-refractivity contribution in [2.24, 2.45) is 17.2 Å². The van der Waals surface area contributed by atoms with Gasteiger partial charge in [-0.2, -0.15) is 0 Å². The van der Waals surface area contributed by atoms with Crippen LogP contribution in [0.5, 0.6) is 34.5 Å². The van der Waals surface area contributed by atoms with Crippen LogP contribution in [0.4, 0.5) is 0 Å². The quantitative estimate of drug-likeness (QED) is 0.125. The summed E-state index contributed by atoms with van der Waals surface area (Å²) in [6, 6.07) is 40.8. The van der Waals surface area contributed by atoms with Crippen molar-refractivity contribution in [3.63, 3.8) is 0 Å². The lowest BCUT2D eigenvalue weighted by Gasteiger charge is -2.11. The molecule has 0 unspecified atom stereocenters. The molecule has 9 rings (SSSR count). The van der Waals surface area contributed by atoms with Gasteiger partial charge in [0.25, 0.3) is 0 Å². The lowest BCUT2D eigenvalue weighted by molar-refractivity contribution is 0.275. The normalized spacial score (nSPS) is 13.5. The Balaban J connectivity index is 0.000000131. The minimum absolute atomic E-state index is 0.142. The van der Waals surface area contributed by atoms with Crippen LogP contribution in [0.25, 0.3) is 0 Å². The molecule has 0 amide bonds. The third kappa shape index (κ3) is 9.96. The second kappa shape index (κ2) is 18.7. The molecule has 0 bridgehead atoms. The van der Waals surface area contributed by atoms with E-state index >= 15 is 0 Å². The number of hydrogen-bond donors (Lipinski definition) is 5. The van der Waals surface area contributed by atoms with Gasteiger partial charge in [-0.1, -0.05) is 73.1 Å². The van der Waals surface area contributed by atoms with E-state index in [4.69, 9.17) is 40.7 Å². The van der Waals surface area contributed by atoms with Crippen LogP contribution in [0.15, 0.2) is 127 Å². The Labute approximate surface area is 334 Å². The minimum Gasteiger partial charge on any atom is -0.457 e. The van der Waals surface area contributed by atoms with E-state index < -0.39 is 7.12 Å². The molecule has 8 N–H and O–H groups in total. The molecular formula is C44H46B3N3O7. The molecule has 13 heteroatoms. The van der Waals surface area contributed by atoms with Crippen molar-refractivity contribution in [3.05, 3.63) is 161 Å². The van der Waals surface area contributed by atoms with Gasteiger partial charge in [-0.3, -0.25) is 0 Å². The van der Waals surface area contributed by atoms with Crippen molar-refractivity contribution in [2.75, 3.05) is 0 Å². The van der Waals surface area contributed by atoms with Gasteiger partial charge in [0.05, 0.1) is 13.2 Å². The zero-order chi connectivity index (χ0) is 39.7. The molecule has 3 aliphatic rings. The Hall–Kier alpha value is -5.37. The zero-order valence-corrected chi connectivity index (χ0v) is 32.0. The Morgan fingerprint density at radius 3 is 1.88 bits per heavy atom. The van der Waals surface area contributed by atoms with Crippen LogP contribution in [-0.4, -0.2) is 31.0 Å². The molecule has 0 spiro atoms. The highest BCUT2D eigenvalue weighted by Gasteiger charge is 2.28. The van der Waals surface area contributed by atoms with Gasteiger partial charge in [-0.25, -0.2) is 0 Å². The number of ether oxygens (including phenoxy) is 3. The fourth-order valence-corrected chi connectivity index (χ4v) is 6.93. The summed E-state index contributed by atoms with van der Waals surface area (Å²) in [6.07, 6.45) is 1.76. The molecular weight excluding hydrogens is 715 g/mol. The van der Waals surface area contributed by atoms with Gasteiger partial charge in [-0.15, -0.1) is 0 Å². The molecule has 288 valence electrons. The number of aryl methyl sites for hydroxylation is 1. The van der Waals surface area contributed by atoms with E-state index in [0.29, 0.717) is 38.6 Å². The third-order valence-electron chi connectivity index (χ3n) is 10.2. The molecule has 0 radical (unpaired) electrons. The lowest BCUT2D eigenvalue weighted by atomic mass is 9.63. The van der Waals surface area contributed by atoms with E-state index in [1.807, 2.05) is 115 Å². The molecule has 0 fully saturated rings. The van der Waals surface area contributed by atoms with Crippen molar-refractivity contribution in [2.45, 2.75) is 52.4 Å². The predicted octanol–water partition coefficient (Wildman–Crippen LogP) is 5.14. The second-order valence-corrected chi connectivity index (χ2v) is 14.1. The molecule has 6 aromatic carbocycles. The predicted molar refractivity (Wildman–Crippen MR) is 227 cm³/mol. The van der Waals surface area contributed by atoms with Crippen LogP contribution in [0.2, 0.25) is 13.1 Å². The average molecular weight is 761 g/mol. The standard InChI is InChI=1S/2C15H16BNO2.C14H14BNO3/c17-10-11-1-4-13(5-2-11)19-14-6-3-12-7-8-16(18)15(12)9-14;1-16-14-8-13(7-6-12(14)10-18-16)19-15-5-3-2-4-11(15)9-17;16-8-10-2-1-3-12(6-10)19-13-5-4-11-9-18-15(17)14(11)7-13/h1-6,9,18H,7-8,10,17H2;2-8H,9-10,17H2,1H3;1-7,17H,8-9,16H2. The third-order valence-corrected chi connectivity index (χ3v) is 10.2. The first-order valence-electron chi connectivity index (χ1n) is 19.2. The fourth-order valence-electron chi connectivity index (χ4n) is 6.93. The molecule has 0 saturated carbocycles. The van der Waals surface area contributed by atoms with E-state index in [2.05, 4.69) is 19.0 Å². The summed E-state index contributed by atoms with van der Waals surface area (Å²) < 4.78 is 28.3. The maximum absolute atomic E-state index is 9.87. The van der Waals surface area contributed by atoms with Crippen molar-refractivity contribution in [1.82, 2.24) is 0 Å². The van der Waals surface area contributed by atoms with Gasteiger partial charge in [-0.05, 0) is 118 Å². The highest BCUT2D eigenvalue weighted by molar-refractivity contribution is 6.68. The molecule has 10 nitrogen and oxygen atoms in total. The van der Waals surface area contributed by atoms with Crippen molar-refractivity contribution < 1.29 is 33.6 Å². The van der Waals surface area contributed by atoms with Crippen molar-refractivity contribution in [1.29, 1.82) is 0 Å². The Morgan fingerprint density at radius 2 is 1.14 bits per heavy atom. The number of para-hydroxylation sites is 1. The lowest BCUT2D eigenvalue weighted by Crippen LogP contribution is -2.27. The summed E-state index contributed by atoms with van der Waals surface area (Å²) in [6.45, 7) is 4.47. The van der Waals surface area contributed by atoms with Gasteiger partial charge in [0.2, 0.25) is 0 Å². The van der Waals surface area contributed by atoms with E-state index in [1.54, 1.807) is 0 Å².